The largest absolute Gasteiger partial charge is 0.496 e. The van der Waals surface area contributed by atoms with Crippen LogP contribution in [-0.4, -0.2) is 43.5 Å². The average molecular weight is 495 g/mol. The van der Waals surface area contributed by atoms with Crippen LogP contribution in [0.4, 0.5) is 8.78 Å². The Bertz CT molecular complexity index is 1190. The van der Waals surface area contributed by atoms with E-state index in [-0.39, 0.29) is 18.9 Å². The van der Waals surface area contributed by atoms with Crippen molar-refractivity contribution in [2.45, 2.75) is 25.6 Å². The van der Waals surface area contributed by atoms with E-state index in [1.165, 1.54) is 22.8 Å². The molecule has 0 saturated carbocycles. The van der Waals surface area contributed by atoms with Gasteiger partial charge >= 0.3 is 5.97 Å². The highest BCUT2D eigenvalue weighted by molar-refractivity contribution is 7.82. The summed E-state index contributed by atoms with van der Waals surface area (Å²) in [7, 11) is 0.0612. The minimum Gasteiger partial charge on any atom is -0.496 e. The molecule has 11 heteroatoms. The Hall–Kier alpha value is -2.89. The maximum Gasteiger partial charge on any atom is 0.321 e. The highest BCUT2D eigenvalue weighted by Crippen LogP contribution is 2.33. The zero-order valence-corrected chi connectivity index (χ0v) is 19.1. The number of nitrogens with zero attached hydrogens (tertiary/aromatic N) is 2. The Labute approximate surface area is 195 Å². The Morgan fingerprint density at radius 1 is 1.27 bits per heavy atom. The van der Waals surface area contributed by atoms with Gasteiger partial charge in [0.05, 0.1) is 30.3 Å². The second kappa shape index (κ2) is 9.94. The van der Waals surface area contributed by atoms with Crippen molar-refractivity contribution in [3.8, 4) is 22.6 Å². The van der Waals surface area contributed by atoms with Crippen molar-refractivity contribution in [1.82, 2.24) is 9.29 Å². The fourth-order valence-corrected chi connectivity index (χ4v) is 5.60. The first-order chi connectivity index (χ1) is 15.9. The molecule has 1 saturated heterocycles. The number of benzene rings is 2. The lowest BCUT2D eigenvalue weighted by Gasteiger charge is -2.17. The second-order valence-corrected chi connectivity index (χ2v) is 9.72. The van der Waals surface area contributed by atoms with E-state index in [2.05, 4.69) is 4.98 Å². The maximum atomic E-state index is 13.7. The number of aliphatic carboxylic acids is 1. The number of halogens is 2. The number of ether oxygens (including phenoxy) is 2. The Balaban J connectivity index is 1.39. The van der Waals surface area contributed by atoms with Crippen LogP contribution >= 0.6 is 11.3 Å². The van der Waals surface area contributed by atoms with Crippen LogP contribution < -0.4 is 9.47 Å². The molecule has 33 heavy (non-hydrogen) atoms. The molecular weight excluding hydrogens is 474 g/mol. The van der Waals surface area contributed by atoms with Crippen molar-refractivity contribution in [3.05, 3.63) is 64.1 Å². The van der Waals surface area contributed by atoms with Crippen LogP contribution in [0.5, 0.6) is 11.5 Å². The molecule has 0 aliphatic carbocycles. The number of carboxylic acid groups (broad SMARTS) is 1. The van der Waals surface area contributed by atoms with E-state index >= 15 is 0 Å². The Morgan fingerprint density at radius 3 is 2.70 bits per heavy atom. The van der Waals surface area contributed by atoms with Crippen molar-refractivity contribution in [2.75, 3.05) is 12.9 Å². The van der Waals surface area contributed by atoms with Gasteiger partial charge in [0.25, 0.3) is 0 Å². The second-order valence-electron chi connectivity index (χ2n) is 7.26. The molecule has 1 aromatic heterocycles. The standard InChI is InChI=1S/C22H20F2N2O5S2/c1-30-20-9-18(24)17(23)8-16(20)13-2-4-15(5-3-13)31-11-21-25-14(12-32-21)10-26-19(22(27)28)6-7-33(26)29/h2-5,8-9,12,19H,6-7,10-11H2,1H3,(H,27,28)/t19-,33?/m0/s1. The number of carbonyl (C=O) groups is 1. The molecule has 1 aliphatic heterocycles. The fourth-order valence-electron chi connectivity index (χ4n) is 3.49. The molecule has 3 aromatic rings. The van der Waals surface area contributed by atoms with Crippen molar-refractivity contribution in [1.29, 1.82) is 0 Å². The summed E-state index contributed by atoms with van der Waals surface area (Å²) in [6.07, 6.45) is 0.356. The quantitative estimate of drug-likeness (QED) is 0.509. The molecule has 2 heterocycles. The Morgan fingerprint density at radius 2 is 2.00 bits per heavy atom. The van der Waals surface area contributed by atoms with Crippen LogP contribution in [0.1, 0.15) is 17.1 Å². The molecule has 2 aromatic carbocycles. The van der Waals surface area contributed by atoms with E-state index in [1.807, 2.05) is 0 Å². The first-order valence-corrected chi connectivity index (χ1v) is 12.1. The lowest BCUT2D eigenvalue weighted by atomic mass is 10.0. The molecule has 0 bridgehead atoms. The van der Waals surface area contributed by atoms with Crippen molar-refractivity contribution in [2.24, 2.45) is 0 Å². The molecule has 4 rings (SSSR count). The number of carboxylic acids is 1. The summed E-state index contributed by atoms with van der Waals surface area (Å²) < 4.78 is 51.6. The van der Waals surface area contributed by atoms with Crippen molar-refractivity contribution >= 4 is 28.3 Å². The van der Waals surface area contributed by atoms with Gasteiger partial charge in [-0.2, -0.15) is 0 Å². The third-order valence-corrected chi connectivity index (χ3v) is 7.51. The topological polar surface area (TPSA) is 89.0 Å². The molecule has 1 aliphatic rings. The molecule has 0 amide bonds. The van der Waals surface area contributed by atoms with E-state index in [0.717, 1.165) is 12.1 Å². The summed E-state index contributed by atoms with van der Waals surface area (Å²) in [4.78, 5) is 15.8. The van der Waals surface area contributed by atoms with Gasteiger partial charge in [-0.05, 0) is 30.2 Å². The lowest BCUT2D eigenvalue weighted by Crippen LogP contribution is -2.35. The first kappa shape index (κ1) is 23.3. The van der Waals surface area contributed by atoms with Gasteiger partial charge in [-0.3, -0.25) is 4.79 Å². The van der Waals surface area contributed by atoms with Gasteiger partial charge in [-0.15, -0.1) is 11.3 Å². The fraction of sp³-hybridized carbons (Fsp3) is 0.273. The van der Waals surface area contributed by atoms with E-state index in [0.29, 0.717) is 39.8 Å². The first-order valence-electron chi connectivity index (χ1n) is 9.93. The van der Waals surface area contributed by atoms with Gasteiger partial charge in [0.15, 0.2) is 11.6 Å². The van der Waals surface area contributed by atoms with Gasteiger partial charge in [0.1, 0.15) is 29.2 Å². The van der Waals surface area contributed by atoms with Crippen LogP contribution in [-0.2, 0) is 28.9 Å². The number of methoxy groups -OCH3 is 1. The number of thiazole rings is 1. The van der Waals surface area contributed by atoms with Gasteiger partial charge in [-0.25, -0.2) is 22.3 Å². The minimum atomic E-state index is -1.33. The molecule has 0 radical (unpaired) electrons. The van der Waals surface area contributed by atoms with Gasteiger partial charge in [-0.1, -0.05) is 12.1 Å². The number of hydrogen-bond donors (Lipinski definition) is 1. The van der Waals surface area contributed by atoms with E-state index in [4.69, 9.17) is 9.47 Å². The summed E-state index contributed by atoms with van der Waals surface area (Å²) in [6.45, 7) is 0.398. The molecule has 1 unspecified atom stereocenters. The lowest BCUT2D eigenvalue weighted by molar-refractivity contribution is -0.141. The normalized spacial score (nSPS) is 18.4. The summed E-state index contributed by atoms with van der Waals surface area (Å²) in [5.74, 6) is -1.80. The summed E-state index contributed by atoms with van der Waals surface area (Å²) in [6, 6.07) is 8.16. The smallest absolute Gasteiger partial charge is 0.321 e. The van der Waals surface area contributed by atoms with Crippen LogP contribution in [0.25, 0.3) is 11.1 Å². The molecular formula is C22H20F2N2O5S2. The van der Waals surface area contributed by atoms with Crippen LogP contribution in [0.3, 0.4) is 0 Å². The van der Waals surface area contributed by atoms with E-state index < -0.39 is 34.6 Å². The molecule has 1 fully saturated rings. The van der Waals surface area contributed by atoms with Gasteiger partial charge in [0, 0.05) is 22.8 Å². The van der Waals surface area contributed by atoms with Crippen molar-refractivity contribution < 1.29 is 32.4 Å². The average Bonchev–Trinajstić information content (AvgIpc) is 3.41. The minimum absolute atomic E-state index is 0.198. The summed E-state index contributed by atoms with van der Waals surface area (Å²) in [5.41, 5.74) is 1.70. The van der Waals surface area contributed by atoms with Crippen LogP contribution in [0.15, 0.2) is 41.8 Å². The van der Waals surface area contributed by atoms with Gasteiger partial charge in [0.2, 0.25) is 0 Å². The number of aromatic nitrogens is 1. The predicted molar refractivity (Wildman–Crippen MR) is 119 cm³/mol. The SMILES string of the molecule is COc1cc(F)c(F)cc1-c1ccc(OCc2nc(CN3[C@H](C(=O)O)CCS3=O)cs2)cc1. The highest BCUT2D eigenvalue weighted by Gasteiger charge is 2.36. The molecule has 0 spiro atoms. The number of hydrogen-bond acceptors (Lipinski definition) is 6. The third kappa shape index (κ3) is 5.21. The van der Waals surface area contributed by atoms with Crippen molar-refractivity contribution in [3.63, 3.8) is 0 Å². The molecule has 2 atom stereocenters. The highest BCUT2D eigenvalue weighted by atomic mass is 32.2. The number of rotatable bonds is 8. The summed E-state index contributed by atoms with van der Waals surface area (Å²) >= 11 is 1.37. The molecule has 1 N–H and O–H groups in total. The third-order valence-electron chi connectivity index (χ3n) is 5.15. The van der Waals surface area contributed by atoms with Crippen LogP contribution in [0, 0.1) is 11.6 Å². The van der Waals surface area contributed by atoms with Gasteiger partial charge < -0.3 is 14.6 Å². The Kier molecular flexibility index (Phi) is 7.01. The van der Waals surface area contributed by atoms with E-state index in [1.54, 1.807) is 29.6 Å². The molecule has 174 valence electrons. The predicted octanol–water partition coefficient (Wildman–Crippen LogP) is 4.00. The maximum absolute atomic E-state index is 13.7. The van der Waals surface area contributed by atoms with E-state index in [9.17, 15) is 22.9 Å². The molecule has 7 nitrogen and oxygen atoms in total. The van der Waals surface area contributed by atoms with Crippen LogP contribution in [0.2, 0.25) is 0 Å². The zero-order chi connectivity index (χ0) is 23.5. The summed E-state index contributed by atoms with van der Waals surface area (Å²) in [5, 5.41) is 11.8. The zero-order valence-electron chi connectivity index (χ0n) is 17.5. The monoisotopic (exact) mass is 494 g/mol.